The van der Waals surface area contributed by atoms with E-state index in [1.807, 2.05) is 18.2 Å². The first-order chi connectivity index (χ1) is 7.76. The first kappa shape index (κ1) is 10.2. The van der Waals surface area contributed by atoms with Gasteiger partial charge in [0.1, 0.15) is 11.4 Å². The maximum absolute atomic E-state index is 5.41. The molecule has 1 heterocycles. The quantitative estimate of drug-likeness (QED) is 0.709. The summed E-state index contributed by atoms with van der Waals surface area (Å²) >= 11 is 0. The number of terminal acetylenes is 1. The Labute approximate surface area is 93.9 Å². The minimum Gasteiger partial charge on any atom is -0.495 e. The summed E-state index contributed by atoms with van der Waals surface area (Å²) in [6.07, 6.45) is 7.09. The van der Waals surface area contributed by atoms with Crippen molar-refractivity contribution in [1.82, 2.24) is 15.0 Å². The monoisotopic (exact) mass is 213 g/mol. The van der Waals surface area contributed by atoms with Gasteiger partial charge in [-0.2, -0.15) is 15.0 Å². The molecule has 0 fully saturated rings. The van der Waals surface area contributed by atoms with Crippen LogP contribution in [0.15, 0.2) is 24.4 Å². The van der Waals surface area contributed by atoms with E-state index in [9.17, 15) is 0 Å². The molecule has 0 aliphatic heterocycles. The highest BCUT2D eigenvalue weighted by Crippen LogP contribution is 2.30. The number of rotatable bonds is 2. The first-order valence-electron chi connectivity index (χ1n) is 4.76. The summed E-state index contributed by atoms with van der Waals surface area (Å²) in [5.74, 6) is 3.24. The average molecular weight is 213 g/mol. The van der Waals surface area contributed by atoms with Gasteiger partial charge in [0.25, 0.3) is 0 Å². The van der Waals surface area contributed by atoms with Gasteiger partial charge >= 0.3 is 0 Å². The molecule has 0 saturated heterocycles. The fourth-order valence-corrected chi connectivity index (χ4v) is 1.54. The van der Waals surface area contributed by atoms with Gasteiger partial charge < -0.3 is 4.74 Å². The Morgan fingerprint density at radius 3 is 2.81 bits per heavy atom. The summed E-state index contributed by atoms with van der Waals surface area (Å²) in [6, 6.07) is 5.62. The standard InChI is InChI=1S/C12H11N3O/c1-4-9-6-5-7-10(12(9)16-3)11-8-13-15(2)14-11/h1,5-8H,2-3H3. The highest BCUT2D eigenvalue weighted by atomic mass is 16.5. The number of benzene rings is 1. The van der Waals surface area contributed by atoms with Crippen LogP contribution in [0.3, 0.4) is 0 Å². The maximum Gasteiger partial charge on any atom is 0.143 e. The number of hydrogen-bond acceptors (Lipinski definition) is 3. The van der Waals surface area contributed by atoms with Gasteiger partial charge in [-0.05, 0) is 12.1 Å². The Morgan fingerprint density at radius 1 is 1.44 bits per heavy atom. The summed E-state index contributed by atoms with van der Waals surface area (Å²) in [6.45, 7) is 0. The number of hydrogen-bond donors (Lipinski definition) is 0. The third kappa shape index (κ3) is 1.63. The summed E-state index contributed by atoms with van der Waals surface area (Å²) in [4.78, 5) is 1.50. The minimum absolute atomic E-state index is 0.658. The van der Waals surface area contributed by atoms with Crippen molar-refractivity contribution in [2.75, 3.05) is 7.11 Å². The molecule has 0 amide bonds. The lowest BCUT2D eigenvalue weighted by Crippen LogP contribution is -1.94. The fraction of sp³-hybridized carbons (Fsp3) is 0.167. The van der Waals surface area contributed by atoms with Gasteiger partial charge in [0.05, 0.1) is 18.9 Å². The number of aryl methyl sites for hydroxylation is 1. The molecule has 0 saturated carbocycles. The van der Waals surface area contributed by atoms with Crippen LogP contribution in [0.5, 0.6) is 5.75 Å². The normalized spacial score (nSPS) is 9.81. The van der Waals surface area contributed by atoms with Crippen LogP contribution in [0.4, 0.5) is 0 Å². The number of methoxy groups -OCH3 is 1. The van der Waals surface area contributed by atoms with Crippen molar-refractivity contribution >= 4 is 0 Å². The molecular formula is C12H11N3O. The van der Waals surface area contributed by atoms with Crippen LogP contribution >= 0.6 is 0 Å². The van der Waals surface area contributed by atoms with Crippen LogP contribution < -0.4 is 4.74 Å². The zero-order valence-electron chi connectivity index (χ0n) is 9.14. The van der Waals surface area contributed by atoms with Crippen LogP contribution in [-0.4, -0.2) is 22.1 Å². The predicted molar refractivity (Wildman–Crippen MR) is 60.9 cm³/mol. The smallest absolute Gasteiger partial charge is 0.143 e. The Balaban J connectivity index is 2.61. The summed E-state index contributed by atoms with van der Waals surface area (Å²) in [7, 11) is 3.36. The van der Waals surface area contributed by atoms with E-state index in [0.717, 1.165) is 11.3 Å². The SMILES string of the molecule is C#Cc1cccc(-c2cnn(C)n2)c1OC. The van der Waals surface area contributed by atoms with Gasteiger partial charge in [-0.15, -0.1) is 6.42 Å². The second-order valence-corrected chi connectivity index (χ2v) is 3.25. The molecule has 2 rings (SSSR count). The van der Waals surface area contributed by atoms with Gasteiger partial charge in [0, 0.05) is 12.6 Å². The first-order valence-corrected chi connectivity index (χ1v) is 4.76. The molecule has 0 bridgehead atoms. The zero-order valence-corrected chi connectivity index (χ0v) is 9.14. The number of aromatic nitrogens is 3. The van der Waals surface area contributed by atoms with E-state index in [1.165, 1.54) is 4.80 Å². The summed E-state index contributed by atoms with van der Waals surface area (Å²) in [5, 5.41) is 8.24. The zero-order chi connectivity index (χ0) is 11.5. The van der Waals surface area contributed by atoms with E-state index in [-0.39, 0.29) is 0 Å². The Hall–Kier alpha value is -2.28. The fourth-order valence-electron chi connectivity index (χ4n) is 1.54. The van der Waals surface area contributed by atoms with Gasteiger partial charge in [-0.3, -0.25) is 0 Å². The lowest BCUT2D eigenvalue weighted by Gasteiger charge is -2.07. The van der Waals surface area contributed by atoms with Gasteiger partial charge in [-0.1, -0.05) is 12.0 Å². The second-order valence-electron chi connectivity index (χ2n) is 3.25. The lowest BCUT2D eigenvalue weighted by molar-refractivity contribution is 0.415. The molecule has 80 valence electrons. The van der Waals surface area contributed by atoms with Crippen molar-refractivity contribution < 1.29 is 4.74 Å². The Kier molecular flexibility index (Phi) is 2.61. The average Bonchev–Trinajstić information content (AvgIpc) is 2.74. The molecule has 0 atom stereocenters. The van der Waals surface area contributed by atoms with Crippen LogP contribution in [0.25, 0.3) is 11.3 Å². The van der Waals surface area contributed by atoms with E-state index < -0.39 is 0 Å². The van der Waals surface area contributed by atoms with Crippen molar-refractivity contribution in [2.45, 2.75) is 0 Å². The van der Waals surface area contributed by atoms with Gasteiger partial charge in [-0.25, -0.2) is 0 Å². The molecule has 1 aromatic heterocycles. The largest absolute Gasteiger partial charge is 0.495 e. The molecule has 0 unspecified atom stereocenters. The molecule has 0 radical (unpaired) electrons. The van der Waals surface area contributed by atoms with Gasteiger partial charge in [0.2, 0.25) is 0 Å². The summed E-state index contributed by atoms with van der Waals surface area (Å²) in [5.41, 5.74) is 2.31. The summed E-state index contributed by atoms with van der Waals surface area (Å²) < 4.78 is 5.31. The Bertz CT molecular complexity index is 552. The molecule has 1 aromatic carbocycles. The van der Waals surface area contributed by atoms with Crippen molar-refractivity contribution in [3.63, 3.8) is 0 Å². The van der Waals surface area contributed by atoms with Crippen molar-refractivity contribution in [2.24, 2.45) is 7.05 Å². The molecule has 2 aromatic rings. The third-order valence-corrected chi connectivity index (χ3v) is 2.25. The molecule has 0 aliphatic rings. The van der Waals surface area contributed by atoms with E-state index in [1.54, 1.807) is 20.4 Å². The van der Waals surface area contributed by atoms with E-state index in [2.05, 4.69) is 16.1 Å². The number of para-hydroxylation sites is 1. The topological polar surface area (TPSA) is 39.9 Å². The molecular weight excluding hydrogens is 202 g/mol. The van der Waals surface area contributed by atoms with Crippen LogP contribution in [0.1, 0.15) is 5.56 Å². The molecule has 16 heavy (non-hydrogen) atoms. The van der Waals surface area contributed by atoms with Crippen LogP contribution in [-0.2, 0) is 7.05 Å². The van der Waals surface area contributed by atoms with Gasteiger partial charge in [0.15, 0.2) is 0 Å². The van der Waals surface area contributed by atoms with E-state index in [4.69, 9.17) is 11.2 Å². The number of nitrogens with zero attached hydrogens (tertiary/aromatic N) is 3. The highest BCUT2D eigenvalue weighted by molar-refractivity contribution is 5.70. The molecule has 0 aliphatic carbocycles. The van der Waals surface area contributed by atoms with Crippen LogP contribution in [0, 0.1) is 12.3 Å². The van der Waals surface area contributed by atoms with Crippen LogP contribution in [0.2, 0.25) is 0 Å². The predicted octanol–water partition coefficient (Wildman–Crippen LogP) is 1.47. The molecule has 0 N–H and O–H groups in total. The third-order valence-electron chi connectivity index (χ3n) is 2.25. The van der Waals surface area contributed by atoms with E-state index >= 15 is 0 Å². The lowest BCUT2D eigenvalue weighted by atomic mass is 10.1. The second kappa shape index (κ2) is 4.07. The van der Waals surface area contributed by atoms with Crippen molar-refractivity contribution in [3.05, 3.63) is 30.0 Å². The molecule has 4 heteroatoms. The Morgan fingerprint density at radius 2 is 2.25 bits per heavy atom. The minimum atomic E-state index is 0.658. The van der Waals surface area contributed by atoms with Crippen molar-refractivity contribution in [1.29, 1.82) is 0 Å². The van der Waals surface area contributed by atoms with Crippen molar-refractivity contribution in [3.8, 4) is 29.4 Å². The highest BCUT2D eigenvalue weighted by Gasteiger charge is 2.11. The molecule has 4 nitrogen and oxygen atoms in total. The number of ether oxygens (including phenoxy) is 1. The molecule has 0 spiro atoms. The maximum atomic E-state index is 5.41. The van der Waals surface area contributed by atoms with E-state index in [0.29, 0.717) is 11.3 Å².